The topological polar surface area (TPSA) is 29.9 Å². The maximum atomic E-state index is 6.18. The van der Waals surface area contributed by atoms with Gasteiger partial charge in [-0.3, -0.25) is 0 Å². The van der Waals surface area contributed by atoms with Crippen LogP contribution in [0, 0.1) is 6.92 Å². The fraction of sp³-hybridized carbons (Fsp3) is 0.238. The molecule has 3 heteroatoms. The van der Waals surface area contributed by atoms with E-state index in [-0.39, 0.29) is 0 Å². The van der Waals surface area contributed by atoms with E-state index in [2.05, 4.69) is 73.9 Å². The summed E-state index contributed by atoms with van der Waals surface area (Å²) >= 11 is 0. The molecule has 3 heterocycles. The lowest BCUT2D eigenvalue weighted by molar-refractivity contribution is -0.660. The second-order valence-corrected chi connectivity index (χ2v) is 6.71. The van der Waals surface area contributed by atoms with Gasteiger partial charge in [0.25, 0.3) is 0 Å². The molecular weight excluding hydrogens is 296 g/mol. The number of rotatable bonds is 2. The molecule has 4 rings (SSSR count). The minimum absolute atomic E-state index is 0.448. The van der Waals surface area contributed by atoms with Gasteiger partial charge in [-0.05, 0) is 36.1 Å². The molecule has 4 aromatic rings. The first-order valence-electron chi connectivity index (χ1n) is 8.33. The van der Waals surface area contributed by atoms with Crippen LogP contribution >= 0.6 is 0 Å². The molecule has 1 aromatic carbocycles. The van der Waals surface area contributed by atoms with Crippen LogP contribution in [0.3, 0.4) is 0 Å². The molecule has 0 radical (unpaired) electrons. The highest BCUT2D eigenvalue weighted by atomic mass is 16.3. The third-order valence-corrected chi connectivity index (χ3v) is 4.70. The van der Waals surface area contributed by atoms with Crippen molar-refractivity contribution in [3.05, 3.63) is 59.9 Å². The number of furan rings is 1. The molecule has 3 nitrogen and oxygen atoms in total. The summed E-state index contributed by atoms with van der Waals surface area (Å²) < 4.78 is 8.31. The molecule has 0 spiro atoms. The van der Waals surface area contributed by atoms with E-state index in [1.54, 1.807) is 0 Å². The number of aryl methyl sites for hydroxylation is 2. The number of hydrogen-bond acceptors (Lipinski definition) is 2. The van der Waals surface area contributed by atoms with Crippen molar-refractivity contribution in [2.45, 2.75) is 26.7 Å². The molecule has 0 saturated carbocycles. The maximum Gasteiger partial charge on any atom is 0.227 e. The van der Waals surface area contributed by atoms with Gasteiger partial charge < -0.3 is 4.42 Å². The van der Waals surface area contributed by atoms with Crippen LogP contribution in [0.25, 0.3) is 33.3 Å². The fourth-order valence-corrected chi connectivity index (χ4v) is 3.26. The van der Waals surface area contributed by atoms with Gasteiger partial charge in [0, 0.05) is 29.1 Å². The SMILES string of the molecule is Cc1ccc2c(oc3ncc(C(C)C)cc32)c1-c1cccc[n+]1C. The molecule has 24 heavy (non-hydrogen) atoms. The van der Waals surface area contributed by atoms with E-state index in [0.717, 1.165) is 27.6 Å². The first-order chi connectivity index (χ1) is 11.6. The van der Waals surface area contributed by atoms with Gasteiger partial charge in [-0.1, -0.05) is 26.0 Å². The van der Waals surface area contributed by atoms with Crippen LogP contribution in [0.15, 0.2) is 53.2 Å². The van der Waals surface area contributed by atoms with E-state index >= 15 is 0 Å². The minimum atomic E-state index is 0.448. The molecular formula is C21H21N2O+. The third kappa shape index (κ3) is 2.20. The van der Waals surface area contributed by atoms with Crippen LogP contribution in [0.5, 0.6) is 0 Å². The molecule has 0 N–H and O–H groups in total. The van der Waals surface area contributed by atoms with Crippen molar-refractivity contribution < 1.29 is 8.98 Å². The standard InChI is InChI=1S/C21H21N2O/c1-13(2)15-11-17-16-9-8-14(3)19(18-7-5-6-10-23(18)4)20(16)24-21(17)22-12-15/h5-13H,1-4H3/q+1. The summed E-state index contributed by atoms with van der Waals surface area (Å²) in [7, 11) is 2.06. The van der Waals surface area contributed by atoms with Gasteiger partial charge in [0.1, 0.15) is 7.05 Å². The molecule has 0 fully saturated rings. The molecule has 0 bridgehead atoms. The number of pyridine rings is 2. The van der Waals surface area contributed by atoms with Crippen molar-refractivity contribution in [1.82, 2.24) is 4.98 Å². The Bertz CT molecular complexity index is 1060. The lowest BCUT2D eigenvalue weighted by Gasteiger charge is -2.05. The van der Waals surface area contributed by atoms with Gasteiger partial charge in [-0.2, -0.15) is 0 Å². The summed E-state index contributed by atoms with van der Waals surface area (Å²) in [6.07, 6.45) is 3.98. The van der Waals surface area contributed by atoms with Crippen molar-refractivity contribution in [2.24, 2.45) is 7.05 Å². The van der Waals surface area contributed by atoms with Crippen molar-refractivity contribution >= 4 is 22.1 Å². The number of hydrogen-bond donors (Lipinski definition) is 0. The summed E-state index contributed by atoms with van der Waals surface area (Å²) in [6.45, 7) is 6.50. The Morgan fingerprint density at radius 2 is 1.92 bits per heavy atom. The lowest BCUT2D eigenvalue weighted by atomic mass is 9.99. The van der Waals surface area contributed by atoms with Crippen LogP contribution < -0.4 is 4.57 Å². The molecule has 0 unspecified atom stereocenters. The first-order valence-corrected chi connectivity index (χ1v) is 8.33. The predicted octanol–water partition coefficient (Wildman–Crippen LogP) is 4.90. The van der Waals surface area contributed by atoms with Crippen molar-refractivity contribution in [3.8, 4) is 11.3 Å². The first kappa shape index (κ1) is 14.9. The quantitative estimate of drug-likeness (QED) is 0.492. The number of nitrogens with zero attached hydrogens (tertiary/aromatic N) is 2. The molecule has 0 amide bonds. The smallest absolute Gasteiger partial charge is 0.227 e. The number of fused-ring (bicyclic) bond motifs is 3. The molecule has 120 valence electrons. The monoisotopic (exact) mass is 317 g/mol. The van der Waals surface area contributed by atoms with Gasteiger partial charge in [-0.25, -0.2) is 9.55 Å². The van der Waals surface area contributed by atoms with Crippen LogP contribution in [-0.2, 0) is 7.05 Å². The zero-order valence-corrected chi connectivity index (χ0v) is 14.5. The second kappa shape index (κ2) is 5.45. The lowest BCUT2D eigenvalue weighted by Crippen LogP contribution is -2.30. The van der Waals surface area contributed by atoms with E-state index in [4.69, 9.17) is 4.42 Å². The maximum absolute atomic E-state index is 6.18. The van der Waals surface area contributed by atoms with Crippen molar-refractivity contribution in [3.63, 3.8) is 0 Å². The summed E-state index contributed by atoms with van der Waals surface area (Å²) in [6, 6.07) is 12.8. The molecule has 3 aromatic heterocycles. The Balaban J connectivity index is 2.10. The average molecular weight is 317 g/mol. The largest absolute Gasteiger partial charge is 0.437 e. The number of benzene rings is 1. The van der Waals surface area contributed by atoms with Crippen LogP contribution in [0.4, 0.5) is 0 Å². The third-order valence-electron chi connectivity index (χ3n) is 4.70. The average Bonchev–Trinajstić information content (AvgIpc) is 2.93. The van der Waals surface area contributed by atoms with Crippen LogP contribution in [-0.4, -0.2) is 4.98 Å². The van der Waals surface area contributed by atoms with Crippen molar-refractivity contribution in [1.29, 1.82) is 0 Å². The van der Waals surface area contributed by atoms with Gasteiger partial charge >= 0.3 is 0 Å². The Morgan fingerprint density at radius 1 is 1.08 bits per heavy atom. The van der Waals surface area contributed by atoms with E-state index in [9.17, 15) is 0 Å². The van der Waals surface area contributed by atoms with Gasteiger partial charge in [-0.15, -0.1) is 0 Å². The summed E-state index contributed by atoms with van der Waals surface area (Å²) in [4.78, 5) is 4.55. The zero-order valence-electron chi connectivity index (χ0n) is 14.5. The van der Waals surface area contributed by atoms with Crippen molar-refractivity contribution in [2.75, 3.05) is 0 Å². The van der Waals surface area contributed by atoms with E-state index in [1.807, 2.05) is 12.3 Å². The number of aromatic nitrogens is 2. The summed E-state index contributed by atoms with van der Waals surface area (Å²) in [5.74, 6) is 0.448. The zero-order chi connectivity index (χ0) is 16.8. The van der Waals surface area contributed by atoms with E-state index in [0.29, 0.717) is 11.6 Å². The molecule has 0 aliphatic carbocycles. The Hall–Kier alpha value is -2.68. The van der Waals surface area contributed by atoms with Crippen LogP contribution in [0.1, 0.15) is 30.9 Å². The van der Waals surface area contributed by atoms with E-state index < -0.39 is 0 Å². The fourth-order valence-electron chi connectivity index (χ4n) is 3.26. The highest BCUT2D eigenvalue weighted by Gasteiger charge is 2.20. The normalized spacial score (nSPS) is 11.7. The van der Waals surface area contributed by atoms with Crippen LogP contribution in [0.2, 0.25) is 0 Å². The highest BCUT2D eigenvalue weighted by Crippen LogP contribution is 2.36. The Morgan fingerprint density at radius 3 is 2.67 bits per heavy atom. The molecule has 0 aliphatic rings. The molecule has 0 saturated heterocycles. The highest BCUT2D eigenvalue weighted by molar-refractivity contribution is 6.08. The molecule has 0 aliphatic heterocycles. The van der Waals surface area contributed by atoms with E-state index in [1.165, 1.54) is 11.1 Å². The Labute approximate surface area is 141 Å². The second-order valence-electron chi connectivity index (χ2n) is 6.71. The summed E-state index contributed by atoms with van der Waals surface area (Å²) in [5.41, 5.74) is 6.34. The minimum Gasteiger partial charge on any atom is -0.437 e. The predicted molar refractivity (Wildman–Crippen MR) is 97.0 cm³/mol. The Kier molecular flexibility index (Phi) is 3.38. The molecule has 0 atom stereocenters. The van der Waals surface area contributed by atoms with Gasteiger partial charge in [0.05, 0.1) is 5.56 Å². The summed E-state index contributed by atoms with van der Waals surface area (Å²) in [5, 5.41) is 2.22. The van der Waals surface area contributed by atoms with Gasteiger partial charge in [0.2, 0.25) is 11.4 Å². The van der Waals surface area contributed by atoms with Gasteiger partial charge in [0.15, 0.2) is 11.8 Å².